The third-order valence-electron chi connectivity index (χ3n) is 5.77. The smallest absolute Gasteiger partial charge is 0.269 e. The molecule has 0 amide bonds. The summed E-state index contributed by atoms with van der Waals surface area (Å²) in [6.07, 6.45) is 9.44. The van der Waals surface area contributed by atoms with Crippen molar-refractivity contribution in [2.45, 2.75) is 26.7 Å². The summed E-state index contributed by atoms with van der Waals surface area (Å²) in [5.74, 6) is 1.23. The van der Waals surface area contributed by atoms with Crippen molar-refractivity contribution in [1.82, 2.24) is 0 Å². The van der Waals surface area contributed by atoms with Crippen LogP contribution in [0.15, 0.2) is 120 Å². The number of aryl methyl sites for hydroxylation is 1. The summed E-state index contributed by atoms with van der Waals surface area (Å²) in [7, 11) is 0. The lowest BCUT2D eigenvalue weighted by Gasteiger charge is -2.25. The largest absolute Gasteiger partial charge is 0.462 e. The lowest BCUT2D eigenvalue weighted by Crippen LogP contribution is -2.09. The van der Waals surface area contributed by atoms with E-state index in [0.29, 0.717) is 17.1 Å². The highest BCUT2D eigenvalue weighted by molar-refractivity contribution is 5.77. The number of nitriles is 1. The number of para-hydroxylation sites is 1. The Bertz CT molecular complexity index is 1400. The standard InChI is InChI=1S/C32H27N3O/c1-4-8-25-11-16-29(17-12-25)35(28-9-6-5-7-10-28)30-18-13-26(14-19-30)15-20-31-22-27(21-24(2)36-31)32(23-33)34-3/h5-7,9-22H,4,8H2,1-2H3. The molecule has 176 valence electrons. The summed E-state index contributed by atoms with van der Waals surface area (Å²) in [5, 5.41) is 9.19. The summed E-state index contributed by atoms with van der Waals surface area (Å²) < 4.78 is 5.76. The van der Waals surface area contributed by atoms with Crippen molar-refractivity contribution in [3.63, 3.8) is 0 Å². The molecule has 0 unspecified atom stereocenters. The van der Waals surface area contributed by atoms with E-state index >= 15 is 0 Å². The molecule has 0 saturated heterocycles. The Morgan fingerprint density at radius 3 is 2.17 bits per heavy atom. The zero-order chi connectivity index (χ0) is 25.3. The van der Waals surface area contributed by atoms with Gasteiger partial charge in [0.1, 0.15) is 11.5 Å². The number of hydrogen-bond donors (Lipinski definition) is 0. The van der Waals surface area contributed by atoms with Gasteiger partial charge in [-0.1, -0.05) is 61.9 Å². The van der Waals surface area contributed by atoms with E-state index in [9.17, 15) is 5.26 Å². The maximum Gasteiger partial charge on any atom is 0.269 e. The van der Waals surface area contributed by atoms with Gasteiger partial charge in [-0.05, 0) is 84.7 Å². The van der Waals surface area contributed by atoms with Crippen LogP contribution in [0, 0.1) is 17.9 Å². The van der Waals surface area contributed by atoms with Crippen molar-refractivity contribution < 1.29 is 4.74 Å². The molecule has 0 N–H and O–H groups in total. The number of rotatable bonds is 7. The van der Waals surface area contributed by atoms with Crippen LogP contribution in [-0.2, 0) is 11.2 Å². The number of benzene rings is 3. The second kappa shape index (κ2) is 11.6. The van der Waals surface area contributed by atoms with Crippen molar-refractivity contribution in [3.05, 3.63) is 142 Å². The highest BCUT2D eigenvalue weighted by Crippen LogP contribution is 2.34. The molecule has 36 heavy (non-hydrogen) atoms. The normalized spacial score (nSPS) is 14.2. The second-order valence-corrected chi connectivity index (χ2v) is 8.44. The predicted molar refractivity (Wildman–Crippen MR) is 146 cm³/mol. The monoisotopic (exact) mass is 469 g/mol. The maximum atomic E-state index is 9.19. The Labute approximate surface area is 213 Å². The molecule has 1 aliphatic heterocycles. The average Bonchev–Trinajstić information content (AvgIpc) is 2.91. The van der Waals surface area contributed by atoms with Gasteiger partial charge >= 0.3 is 0 Å². The summed E-state index contributed by atoms with van der Waals surface area (Å²) >= 11 is 0. The van der Waals surface area contributed by atoms with Crippen LogP contribution in [0.2, 0.25) is 0 Å². The first kappa shape index (κ1) is 24.3. The van der Waals surface area contributed by atoms with Gasteiger partial charge in [-0.2, -0.15) is 0 Å². The van der Waals surface area contributed by atoms with Crippen LogP contribution in [-0.4, -0.2) is 0 Å². The molecule has 3 aromatic carbocycles. The van der Waals surface area contributed by atoms with E-state index < -0.39 is 0 Å². The number of nitrogens with zero attached hydrogens (tertiary/aromatic N) is 3. The minimum atomic E-state index is 0.0524. The number of allylic oxidation sites excluding steroid dienone is 6. The molecular formula is C32H27N3O. The van der Waals surface area contributed by atoms with Gasteiger partial charge < -0.3 is 9.64 Å². The molecule has 0 aromatic heterocycles. The van der Waals surface area contributed by atoms with E-state index in [4.69, 9.17) is 11.3 Å². The topological polar surface area (TPSA) is 40.6 Å². The lowest BCUT2D eigenvalue weighted by atomic mass is 10.1. The third kappa shape index (κ3) is 5.81. The Morgan fingerprint density at radius 1 is 0.917 bits per heavy atom. The number of ether oxygens (including phenoxy) is 1. The van der Waals surface area contributed by atoms with E-state index in [2.05, 4.69) is 77.3 Å². The first-order valence-electron chi connectivity index (χ1n) is 11.9. The molecule has 0 saturated carbocycles. The fourth-order valence-corrected chi connectivity index (χ4v) is 4.07. The summed E-state index contributed by atoms with van der Waals surface area (Å²) in [4.78, 5) is 5.55. The first-order valence-corrected chi connectivity index (χ1v) is 11.9. The van der Waals surface area contributed by atoms with E-state index in [1.54, 1.807) is 12.2 Å². The second-order valence-electron chi connectivity index (χ2n) is 8.44. The summed E-state index contributed by atoms with van der Waals surface area (Å²) in [5.41, 5.74) is 6.24. The lowest BCUT2D eigenvalue weighted by molar-refractivity contribution is 0.318. The van der Waals surface area contributed by atoms with Gasteiger partial charge in [-0.25, -0.2) is 10.1 Å². The highest BCUT2D eigenvalue weighted by Gasteiger charge is 2.13. The van der Waals surface area contributed by atoms with E-state index in [1.807, 2.05) is 43.3 Å². The van der Waals surface area contributed by atoms with Gasteiger partial charge in [0.15, 0.2) is 0 Å². The molecule has 1 heterocycles. The van der Waals surface area contributed by atoms with E-state index in [0.717, 1.165) is 35.5 Å². The number of hydrogen-bond acceptors (Lipinski definition) is 3. The van der Waals surface area contributed by atoms with Gasteiger partial charge in [0, 0.05) is 17.1 Å². The van der Waals surface area contributed by atoms with Crippen molar-refractivity contribution >= 4 is 23.1 Å². The zero-order valence-corrected chi connectivity index (χ0v) is 20.5. The number of anilines is 3. The Hall–Kier alpha value is -4.80. The van der Waals surface area contributed by atoms with E-state index in [1.165, 1.54) is 5.56 Å². The molecular weight excluding hydrogens is 442 g/mol. The van der Waals surface area contributed by atoms with E-state index in [-0.39, 0.29) is 5.70 Å². The predicted octanol–water partition coefficient (Wildman–Crippen LogP) is 8.64. The Kier molecular flexibility index (Phi) is 7.81. The molecule has 4 heteroatoms. The van der Waals surface area contributed by atoms with Crippen LogP contribution in [0.4, 0.5) is 17.1 Å². The molecule has 3 aromatic rings. The van der Waals surface area contributed by atoms with Crippen molar-refractivity contribution in [3.8, 4) is 6.07 Å². The minimum Gasteiger partial charge on any atom is -0.462 e. The zero-order valence-electron chi connectivity index (χ0n) is 20.5. The van der Waals surface area contributed by atoms with Crippen LogP contribution in [0.5, 0.6) is 0 Å². The van der Waals surface area contributed by atoms with Gasteiger partial charge in [-0.15, -0.1) is 0 Å². The summed E-state index contributed by atoms with van der Waals surface area (Å²) in [6.45, 7) is 11.2. The minimum absolute atomic E-state index is 0.0524. The van der Waals surface area contributed by atoms with Crippen LogP contribution in [0.3, 0.4) is 0 Å². The average molecular weight is 470 g/mol. The van der Waals surface area contributed by atoms with Crippen LogP contribution < -0.4 is 4.90 Å². The molecule has 0 fully saturated rings. The first-order chi connectivity index (χ1) is 17.6. The van der Waals surface area contributed by atoms with Gasteiger partial charge in [0.25, 0.3) is 5.70 Å². The molecule has 4 rings (SSSR count). The molecule has 1 aliphatic rings. The SMILES string of the molecule is [C-]#[N+]C(C#N)=C1C=C(C)OC(C=Cc2ccc(N(c3ccccc3)c3ccc(CCC)cc3)cc2)=C1. The Balaban J connectivity index is 1.60. The van der Waals surface area contributed by atoms with Gasteiger partial charge in [0.05, 0.1) is 12.6 Å². The highest BCUT2D eigenvalue weighted by atomic mass is 16.5. The van der Waals surface area contributed by atoms with Gasteiger partial charge in [-0.3, -0.25) is 0 Å². The third-order valence-corrected chi connectivity index (χ3v) is 5.77. The summed E-state index contributed by atoms with van der Waals surface area (Å²) in [6, 6.07) is 29.4. The quantitative estimate of drug-likeness (QED) is 0.257. The maximum absolute atomic E-state index is 9.19. The van der Waals surface area contributed by atoms with Crippen LogP contribution in [0.1, 0.15) is 31.4 Å². The fraction of sp³-hybridized carbons (Fsp3) is 0.125. The molecule has 0 radical (unpaired) electrons. The van der Waals surface area contributed by atoms with Crippen LogP contribution in [0.25, 0.3) is 10.9 Å². The fourth-order valence-electron chi connectivity index (χ4n) is 4.07. The molecule has 0 bridgehead atoms. The van der Waals surface area contributed by atoms with Crippen molar-refractivity contribution in [2.75, 3.05) is 4.90 Å². The van der Waals surface area contributed by atoms with Crippen molar-refractivity contribution in [1.29, 1.82) is 5.26 Å². The molecule has 4 nitrogen and oxygen atoms in total. The van der Waals surface area contributed by atoms with Crippen molar-refractivity contribution in [2.24, 2.45) is 0 Å². The van der Waals surface area contributed by atoms with Crippen LogP contribution >= 0.6 is 0 Å². The Morgan fingerprint density at radius 2 is 1.56 bits per heavy atom. The molecule has 0 spiro atoms. The van der Waals surface area contributed by atoms with Gasteiger partial charge in [0.2, 0.25) is 0 Å². The molecule has 0 aliphatic carbocycles. The molecule has 0 atom stereocenters.